The van der Waals surface area contributed by atoms with Gasteiger partial charge in [0.1, 0.15) is 0 Å². The molecular weight excluding hydrogens is 268 g/mol. The van der Waals surface area contributed by atoms with Crippen molar-refractivity contribution in [3.63, 3.8) is 0 Å². The lowest BCUT2D eigenvalue weighted by Gasteiger charge is -2.17. The monoisotopic (exact) mass is 300 g/mol. The molecule has 0 aliphatic carbocycles. The van der Waals surface area contributed by atoms with Crippen molar-refractivity contribution in [1.82, 2.24) is 0 Å². The van der Waals surface area contributed by atoms with Crippen LogP contribution in [-0.4, -0.2) is 23.7 Å². The minimum atomic E-state index is -0.947. The standard InChI is InChI=1S/C17H32O4/c1-4-5-6-7-8-9-10-11-12-21-17(20)15(14(2)3)13-16(18)19/h14-15H,4-13H2,1-3H3,(H,18,19). The summed E-state index contributed by atoms with van der Waals surface area (Å²) in [5.41, 5.74) is 0. The number of hydrogen-bond donors (Lipinski definition) is 1. The highest BCUT2D eigenvalue weighted by Gasteiger charge is 2.26. The maximum Gasteiger partial charge on any atom is 0.309 e. The highest BCUT2D eigenvalue weighted by Crippen LogP contribution is 2.17. The Morgan fingerprint density at radius 2 is 1.48 bits per heavy atom. The summed E-state index contributed by atoms with van der Waals surface area (Å²) < 4.78 is 5.21. The quantitative estimate of drug-likeness (QED) is 0.404. The van der Waals surface area contributed by atoms with Crippen LogP contribution in [0.1, 0.15) is 78.6 Å². The van der Waals surface area contributed by atoms with E-state index in [1.807, 2.05) is 13.8 Å². The summed E-state index contributed by atoms with van der Waals surface area (Å²) >= 11 is 0. The molecule has 0 saturated carbocycles. The van der Waals surface area contributed by atoms with Gasteiger partial charge in [0, 0.05) is 0 Å². The van der Waals surface area contributed by atoms with Gasteiger partial charge in [-0.2, -0.15) is 0 Å². The maximum atomic E-state index is 11.8. The van der Waals surface area contributed by atoms with E-state index < -0.39 is 11.9 Å². The van der Waals surface area contributed by atoms with E-state index in [1.54, 1.807) is 0 Å². The highest BCUT2D eigenvalue weighted by molar-refractivity contribution is 5.79. The molecule has 1 N–H and O–H groups in total. The van der Waals surface area contributed by atoms with Crippen molar-refractivity contribution in [3.05, 3.63) is 0 Å². The number of carbonyl (C=O) groups is 2. The number of unbranched alkanes of at least 4 members (excludes halogenated alkanes) is 7. The zero-order valence-corrected chi connectivity index (χ0v) is 13.9. The summed E-state index contributed by atoms with van der Waals surface area (Å²) in [5.74, 6) is -1.85. The first kappa shape index (κ1) is 19.9. The third kappa shape index (κ3) is 11.3. The van der Waals surface area contributed by atoms with Crippen LogP contribution in [0.5, 0.6) is 0 Å². The number of rotatable bonds is 13. The van der Waals surface area contributed by atoms with E-state index in [9.17, 15) is 9.59 Å². The van der Waals surface area contributed by atoms with Crippen LogP contribution >= 0.6 is 0 Å². The second-order valence-corrected chi connectivity index (χ2v) is 6.09. The largest absolute Gasteiger partial charge is 0.481 e. The first-order valence-corrected chi connectivity index (χ1v) is 8.37. The summed E-state index contributed by atoms with van der Waals surface area (Å²) in [5, 5.41) is 8.80. The predicted molar refractivity (Wildman–Crippen MR) is 84.1 cm³/mol. The van der Waals surface area contributed by atoms with Crippen molar-refractivity contribution in [2.45, 2.75) is 78.6 Å². The zero-order chi connectivity index (χ0) is 16.1. The topological polar surface area (TPSA) is 63.6 Å². The van der Waals surface area contributed by atoms with E-state index >= 15 is 0 Å². The molecule has 21 heavy (non-hydrogen) atoms. The van der Waals surface area contributed by atoms with Gasteiger partial charge in [-0.05, 0) is 12.3 Å². The van der Waals surface area contributed by atoms with E-state index in [4.69, 9.17) is 9.84 Å². The van der Waals surface area contributed by atoms with Crippen LogP contribution in [0.2, 0.25) is 0 Å². The molecule has 0 aromatic heterocycles. The van der Waals surface area contributed by atoms with Crippen molar-refractivity contribution in [3.8, 4) is 0 Å². The Bertz CT molecular complexity index is 287. The fourth-order valence-corrected chi connectivity index (χ4v) is 2.30. The second-order valence-electron chi connectivity index (χ2n) is 6.09. The van der Waals surface area contributed by atoms with Gasteiger partial charge in [-0.3, -0.25) is 9.59 Å². The molecule has 0 saturated heterocycles. The third-order valence-corrected chi connectivity index (χ3v) is 3.74. The molecule has 0 aliphatic rings. The van der Waals surface area contributed by atoms with Gasteiger partial charge in [0.05, 0.1) is 18.9 Å². The Morgan fingerprint density at radius 1 is 0.952 bits per heavy atom. The zero-order valence-electron chi connectivity index (χ0n) is 13.9. The second kappa shape index (κ2) is 12.7. The van der Waals surface area contributed by atoms with Crippen LogP contribution in [-0.2, 0) is 14.3 Å². The Kier molecular flexibility index (Phi) is 12.0. The summed E-state index contributed by atoms with van der Waals surface area (Å²) in [6.45, 7) is 6.33. The van der Waals surface area contributed by atoms with Gasteiger partial charge in [0.2, 0.25) is 0 Å². The van der Waals surface area contributed by atoms with E-state index in [-0.39, 0.29) is 18.3 Å². The third-order valence-electron chi connectivity index (χ3n) is 3.74. The van der Waals surface area contributed by atoms with Gasteiger partial charge in [0.25, 0.3) is 0 Å². The molecule has 0 amide bonds. The van der Waals surface area contributed by atoms with E-state index in [0.717, 1.165) is 12.8 Å². The molecule has 0 aliphatic heterocycles. The van der Waals surface area contributed by atoms with Crippen LogP contribution in [0, 0.1) is 11.8 Å². The summed E-state index contributed by atoms with van der Waals surface area (Å²) in [6, 6.07) is 0. The molecule has 0 aromatic rings. The van der Waals surface area contributed by atoms with Crippen molar-refractivity contribution in [2.75, 3.05) is 6.61 Å². The van der Waals surface area contributed by atoms with E-state index in [2.05, 4.69) is 6.92 Å². The van der Waals surface area contributed by atoms with E-state index in [1.165, 1.54) is 38.5 Å². The Labute approximate surface area is 129 Å². The normalized spacial score (nSPS) is 12.4. The fraction of sp³-hybridized carbons (Fsp3) is 0.882. The molecule has 4 nitrogen and oxygen atoms in total. The van der Waals surface area contributed by atoms with Crippen LogP contribution < -0.4 is 0 Å². The number of carboxylic acid groups (broad SMARTS) is 1. The van der Waals surface area contributed by atoms with Crippen molar-refractivity contribution < 1.29 is 19.4 Å². The molecule has 4 heteroatoms. The molecule has 0 spiro atoms. The minimum Gasteiger partial charge on any atom is -0.481 e. The van der Waals surface area contributed by atoms with Crippen LogP contribution in [0.15, 0.2) is 0 Å². The number of hydrogen-bond acceptors (Lipinski definition) is 3. The van der Waals surface area contributed by atoms with Crippen molar-refractivity contribution >= 4 is 11.9 Å². The average Bonchev–Trinajstić information content (AvgIpc) is 2.42. The molecule has 0 bridgehead atoms. The molecule has 0 fully saturated rings. The maximum absolute atomic E-state index is 11.8. The molecule has 0 heterocycles. The summed E-state index contributed by atoms with van der Waals surface area (Å²) in [4.78, 5) is 22.6. The van der Waals surface area contributed by atoms with Gasteiger partial charge in [0.15, 0.2) is 0 Å². The highest BCUT2D eigenvalue weighted by atomic mass is 16.5. The Balaban J connectivity index is 3.65. The Hall–Kier alpha value is -1.06. The van der Waals surface area contributed by atoms with Crippen LogP contribution in [0.4, 0.5) is 0 Å². The lowest BCUT2D eigenvalue weighted by atomic mass is 9.93. The van der Waals surface area contributed by atoms with Crippen LogP contribution in [0.25, 0.3) is 0 Å². The summed E-state index contributed by atoms with van der Waals surface area (Å²) in [7, 11) is 0. The lowest BCUT2D eigenvalue weighted by molar-refractivity contribution is -0.154. The molecular formula is C17H32O4. The van der Waals surface area contributed by atoms with Crippen molar-refractivity contribution in [2.24, 2.45) is 11.8 Å². The van der Waals surface area contributed by atoms with E-state index in [0.29, 0.717) is 6.61 Å². The lowest BCUT2D eigenvalue weighted by Crippen LogP contribution is -2.25. The molecule has 1 unspecified atom stereocenters. The smallest absolute Gasteiger partial charge is 0.309 e. The Morgan fingerprint density at radius 3 is 1.95 bits per heavy atom. The SMILES string of the molecule is CCCCCCCCCCOC(=O)C(CC(=O)O)C(C)C. The van der Waals surface area contributed by atoms with Gasteiger partial charge in [-0.1, -0.05) is 65.7 Å². The number of ether oxygens (including phenoxy) is 1. The number of carboxylic acids is 1. The average molecular weight is 300 g/mol. The number of carbonyl (C=O) groups excluding carboxylic acids is 1. The van der Waals surface area contributed by atoms with Gasteiger partial charge in [-0.15, -0.1) is 0 Å². The fourth-order valence-electron chi connectivity index (χ4n) is 2.30. The molecule has 1 atom stereocenters. The van der Waals surface area contributed by atoms with Gasteiger partial charge in [-0.25, -0.2) is 0 Å². The molecule has 0 rings (SSSR count). The van der Waals surface area contributed by atoms with Crippen molar-refractivity contribution in [1.29, 1.82) is 0 Å². The van der Waals surface area contributed by atoms with Crippen LogP contribution in [0.3, 0.4) is 0 Å². The molecule has 0 aromatic carbocycles. The first-order chi connectivity index (χ1) is 9.99. The minimum absolute atomic E-state index is 0.00725. The molecule has 124 valence electrons. The summed E-state index contributed by atoms with van der Waals surface area (Å²) in [6.07, 6.45) is 9.43. The number of esters is 1. The predicted octanol–water partition coefficient (Wildman–Crippen LogP) is 4.42. The van der Waals surface area contributed by atoms with Gasteiger partial charge < -0.3 is 9.84 Å². The first-order valence-electron chi connectivity index (χ1n) is 8.37. The molecule has 0 radical (unpaired) electrons. The van der Waals surface area contributed by atoms with Gasteiger partial charge >= 0.3 is 11.9 Å². The number of aliphatic carboxylic acids is 1.